The van der Waals surface area contributed by atoms with E-state index in [4.69, 9.17) is 4.74 Å². The number of aromatic nitrogens is 2. The van der Waals surface area contributed by atoms with Crippen LogP contribution in [0.1, 0.15) is 31.2 Å². The predicted molar refractivity (Wildman–Crippen MR) is 89.8 cm³/mol. The highest BCUT2D eigenvalue weighted by atomic mass is 16.5. The lowest BCUT2D eigenvalue weighted by atomic mass is 9.95. The van der Waals surface area contributed by atoms with Gasteiger partial charge in [-0.15, -0.1) is 0 Å². The average molecular weight is 313 g/mol. The van der Waals surface area contributed by atoms with Gasteiger partial charge in [0.05, 0.1) is 18.1 Å². The zero-order chi connectivity index (χ0) is 16.4. The van der Waals surface area contributed by atoms with Crippen LogP contribution < -0.4 is 5.32 Å². The average Bonchev–Trinajstić information content (AvgIpc) is 2.88. The van der Waals surface area contributed by atoms with Crippen LogP contribution in [0.25, 0.3) is 5.69 Å². The van der Waals surface area contributed by atoms with Crippen molar-refractivity contribution in [2.75, 3.05) is 11.9 Å². The maximum Gasteiger partial charge on any atom is 0.227 e. The molecule has 0 saturated carbocycles. The minimum Gasteiger partial charge on any atom is -0.378 e. The van der Waals surface area contributed by atoms with Gasteiger partial charge in [0.2, 0.25) is 5.91 Å². The Morgan fingerprint density at radius 1 is 1.30 bits per heavy atom. The van der Waals surface area contributed by atoms with Gasteiger partial charge in [0.1, 0.15) is 0 Å². The molecule has 0 radical (unpaired) electrons. The molecule has 1 saturated heterocycles. The molecular weight excluding hydrogens is 290 g/mol. The molecule has 23 heavy (non-hydrogen) atoms. The molecule has 1 N–H and O–H groups in total. The van der Waals surface area contributed by atoms with Crippen LogP contribution in [0.4, 0.5) is 5.69 Å². The molecule has 1 aromatic carbocycles. The smallest absolute Gasteiger partial charge is 0.227 e. The Balaban J connectivity index is 1.68. The van der Waals surface area contributed by atoms with Gasteiger partial charge in [0.25, 0.3) is 0 Å². The van der Waals surface area contributed by atoms with Crippen LogP contribution in [0.5, 0.6) is 0 Å². The van der Waals surface area contributed by atoms with Gasteiger partial charge < -0.3 is 14.6 Å². The fourth-order valence-corrected chi connectivity index (χ4v) is 2.94. The van der Waals surface area contributed by atoms with E-state index in [1.165, 1.54) is 0 Å². The zero-order valence-corrected chi connectivity index (χ0v) is 13.9. The third kappa shape index (κ3) is 3.45. The number of amides is 1. The van der Waals surface area contributed by atoms with Crippen LogP contribution in [-0.2, 0) is 9.53 Å². The molecule has 122 valence electrons. The quantitative estimate of drug-likeness (QED) is 0.946. The first-order valence-electron chi connectivity index (χ1n) is 8.08. The van der Waals surface area contributed by atoms with E-state index in [9.17, 15) is 4.79 Å². The van der Waals surface area contributed by atoms with E-state index >= 15 is 0 Å². The number of aryl methyl sites for hydroxylation is 1. The Labute approximate surface area is 136 Å². The molecule has 1 aliphatic heterocycles. The summed E-state index contributed by atoms with van der Waals surface area (Å²) in [6, 6.07) is 7.86. The number of carbonyl (C=O) groups is 1. The van der Waals surface area contributed by atoms with Crippen LogP contribution in [0.2, 0.25) is 0 Å². The Hall–Kier alpha value is -2.14. The van der Waals surface area contributed by atoms with E-state index in [2.05, 4.69) is 10.3 Å². The van der Waals surface area contributed by atoms with Crippen molar-refractivity contribution in [3.63, 3.8) is 0 Å². The number of hydrogen-bond donors (Lipinski definition) is 1. The van der Waals surface area contributed by atoms with Gasteiger partial charge in [-0.25, -0.2) is 4.98 Å². The highest BCUT2D eigenvalue weighted by molar-refractivity contribution is 5.92. The molecule has 0 aliphatic carbocycles. The van der Waals surface area contributed by atoms with Gasteiger partial charge in [0.15, 0.2) is 0 Å². The molecule has 2 heterocycles. The number of benzene rings is 1. The molecule has 5 heteroatoms. The highest BCUT2D eigenvalue weighted by Gasteiger charge is 2.25. The van der Waals surface area contributed by atoms with Gasteiger partial charge in [-0.2, -0.15) is 0 Å². The van der Waals surface area contributed by atoms with Crippen molar-refractivity contribution >= 4 is 11.6 Å². The first-order valence-corrected chi connectivity index (χ1v) is 8.08. The molecule has 2 aromatic rings. The number of anilines is 1. The zero-order valence-electron chi connectivity index (χ0n) is 13.9. The molecule has 5 nitrogen and oxygen atoms in total. The maximum atomic E-state index is 12.3. The minimum absolute atomic E-state index is 0.0389. The normalized spacial score (nSPS) is 21.2. The summed E-state index contributed by atoms with van der Waals surface area (Å²) in [6.07, 6.45) is 3.57. The fraction of sp³-hybridized carbons (Fsp3) is 0.444. The van der Waals surface area contributed by atoms with Crippen molar-refractivity contribution in [3.05, 3.63) is 42.0 Å². The summed E-state index contributed by atoms with van der Waals surface area (Å²) < 4.78 is 7.54. The molecule has 0 bridgehead atoms. The number of hydrogen-bond acceptors (Lipinski definition) is 3. The second-order valence-corrected chi connectivity index (χ2v) is 6.22. The summed E-state index contributed by atoms with van der Waals surface area (Å²) in [7, 11) is 0. The summed E-state index contributed by atoms with van der Waals surface area (Å²) in [5.41, 5.74) is 4.02. The van der Waals surface area contributed by atoms with Gasteiger partial charge in [-0.1, -0.05) is 0 Å². The number of rotatable bonds is 3. The fourth-order valence-electron chi connectivity index (χ4n) is 2.94. The summed E-state index contributed by atoms with van der Waals surface area (Å²) >= 11 is 0. The third-order valence-electron chi connectivity index (χ3n) is 4.52. The summed E-state index contributed by atoms with van der Waals surface area (Å²) in [4.78, 5) is 16.7. The molecule has 1 fully saturated rings. The van der Waals surface area contributed by atoms with Crippen molar-refractivity contribution in [1.82, 2.24) is 9.55 Å². The van der Waals surface area contributed by atoms with Crippen molar-refractivity contribution in [3.8, 4) is 5.69 Å². The number of imidazole rings is 1. The van der Waals surface area contributed by atoms with Gasteiger partial charge >= 0.3 is 0 Å². The van der Waals surface area contributed by atoms with Crippen LogP contribution in [0, 0.1) is 19.8 Å². The van der Waals surface area contributed by atoms with E-state index in [1.807, 2.05) is 55.9 Å². The lowest BCUT2D eigenvalue weighted by Gasteiger charge is -2.26. The second kappa shape index (κ2) is 6.54. The first kappa shape index (κ1) is 15.7. The van der Waals surface area contributed by atoms with E-state index in [0.717, 1.165) is 35.6 Å². The molecule has 1 amide bonds. The van der Waals surface area contributed by atoms with Crippen LogP contribution in [-0.4, -0.2) is 28.2 Å². The summed E-state index contributed by atoms with van der Waals surface area (Å²) in [5.74, 6) is 0.125. The second-order valence-electron chi connectivity index (χ2n) is 6.22. The molecule has 1 aliphatic rings. The minimum atomic E-state index is 0.0389. The van der Waals surface area contributed by atoms with Crippen LogP contribution in [0.3, 0.4) is 0 Å². The monoisotopic (exact) mass is 313 g/mol. The molecule has 0 spiro atoms. The van der Waals surface area contributed by atoms with E-state index in [1.54, 1.807) is 0 Å². The topological polar surface area (TPSA) is 56.2 Å². The van der Waals surface area contributed by atoms with E-state index < -0.39 is 0 Å². The number of carbonyl (C=O) groups excluding carboxylic acids is 1. The standard InChI is InChI=1S/C18H23N3O2/c1-12-10-15(8-9-23-12)18(22)20-16-4-6-17(7-5-16)21-11-19-13(2)14(21)3/h4-7,11-12,15H,8-10H2,1-3H3,(H,20,22). The van der Waals surface area contributed by atoms with Crippen molar-refractivity contribution in [2.45, 2.75) is 39.7 Å². The molecule has 3 rings (SSSR count). The lowest BCUT2D eigenvalue weighted by molar-refractivity contribution is -0.124. The lowest BCUT2D eigenvalue weighted by Crippen LogP contribution is -2.32. The predicted octanol–water partition coefficient (Wildman–Crippen LogP) is 3.24. The molecule has 2 atom stereocenters. The number of nitrogens with one attached hydrogen (secondary N) is 1. The van der Waals surface area contributed by atoms with Crippen LogP contribution in [0.15, 0.2) is 30.6 Å². The van der Waals surface area contributed by atoms with Gasteiger partial charge in [-0.05, 0) is 57.9 Å². The summed E-state index contributed by atoms with van der Waals surface area (Å²) in [5, 5.41) is 3.01. The highest BCUT2D eigenvalue weighted by Crippen LogP contribution is 2.22. The number of ether oxygens (including phenoxy) is 1. The van der Waals surface area contributed by atoms with Crippen molar-refractivity contribution in [1.29, 1.82) is 0 Å². The third-order valence-corrected chi connectivity index (χ3v) is 4.52. The van der Waals surface area contributed by atoms with Gasteiger partial charge in [-0.3, -0.25) is 4.79 Å². The van der Waals surface area contributed by atoms with E-state index in [0.29, 0.717) is 6.61 Å². The molecular formula is C18H23N3O2. The number of nitrogens with zero attached hydrogens (tertiary/aromatic N) is 2. The largest absolute Gasteiger partial charge is 0.378 e. The van der Waals surface area contributed by atoms with Crippen LogP contribution >= 0.6 is 0 Å². The van der Waals surface area contributed by atoms with E-state index in [-0.39, 0.29) is 17.9 Å². The Morgan fingerprint density at radius 3 is 2.65 bits per heavy atom. The van der Waals surface area contributed by atoms with Gasteiger partial charge in [0, 0.05) is 29.6 Å². The molecule has 2 unspecified atom stereocenters. The maximum absolute atomic E-state index is 12.3. The Kier molecular flexibility index (Phi) is 4.48. The SMILES string of the molecule is Cc1ncn(-c2ccc(NC(=O)C3CCOC(C)C3)cc2)c1C. The first-order chi connectivity index (χ1) is 11.0. The molecule has 1 aromatic heterocycles. The summed E-state index contributed by atoms with van der Waals surface area (Å²) in [6.45, 7) is 6.72. The van der Waals surface area contributed by atoms with Crippen molar-refractivity contribution in [2.24, 2.45) is 5.92 Å². The van der Waals surface area contributed by atoms with Crippen molar-refractivity contribution < 1.29 is 9.53 Å². The Morgan fingerprint density at radius 2 is 2.04 bits per heavy atom. The Bertz CT molecular complexity index is 691.